The molecule has 7 heteroatoms. The Morgan fingerprint density at radius 1 is 1.16 bits per heavy atom. The van der Waals surface area contributed by atoms with Crippen molar-refractivity contribution in [3.05, 3.63) is 71.2 Å². The molecule has 1 fully saturated rings. The molecule has 0 amide bonds. The Kier molecular flexibility index (Phi) is 7.89. The lowest BCUT2D eigenvalue weighted by molar-refractivity contribution is 0.0992. The van der Waals surface area contributed by atoms with Gasteiger partial charge in [0.1, 0.15) is 5.69 Å². The van der Waals surface area contributed by atoms with Crippen LogP contribution in [-0.2, 0) is 16.6 Å². The molecule has 3 heterocycles. The van der Waals surface area contributed by atoms with E-state index >= 15 is 0 Å². The van der Waals surface area contributed by atoms with Gasteiger partial charge in [-0.3, -0.25) is 9.78 Å². The summed E-state index contributed by atoms with van der Waals surface area (Å²) in [7, 11) is 0. The summed E-state index contributed by atoms with van der Waals surface area (Å²) in [5.74, 6) is 0.570. The lowest BCUT2D eigenvalue weighted by Gasteiger charge is -2.30. The topological polar surface area (TPSA) is 88.3 Å². The van der Waals surface area contributed by atoms with Crippen molar-refractivity contribution in [1.82, 2.24) is 9.97 Å². The van der Waals surface area contributed by atoms with E-state index in [-0.39, 0.29) is 18.3 Å². The second-order valence-corrected chi connectivity index (χ2v) is 10.2. The average molecular weight is 499 g/mol. The molecule has 0 radical (unpaired) electrons. The molecule has 1 aliphatic heterocycles. The number of carbonyl (C=O) groups excluding carboxylic acids is 1. The van der Waals surface area contributed by atoms with Crippen molar-refractivity contribution in [1.29, 1.82) is 5.26 Å². The summed E-state index contributed by atoms with van der Waals surface area (Å²) in [4.78, 5) is 24.7. The molecule has 1 aliphatic rings. The number of hydrogen-bond acceptors (Lipinski definition) is 7. The summed E-state index contributed by atoms with van der Waals surface area (Å²) >= 11 is 0. The number of aromatic nitrogens is 2. The molecule has 0 saturated carbocycles. The summed E-state index contributed by atoms with van der Waals surface area (Å²) in [5, 5.41) is 9.48. The predicted molar refractivity (Wildman–Crippen MR) is 144 cm³/mol. The highest BCUT2D eigenvalue weighted by atomic mass is 16.5. The zero-order valence-electron chi connectivity index (χ0n) is 22.2. The Labute approximate surface area is 219 Å². The van der Waals surface area contributed by atoms with E-state index in [0.29, 0.717) is 24.7 Å². The Bertz CT molecular complexity index is 1320. The summed E-state index contributed by atoms with van der Waals surface area (Å²) in [6.07, 6.45) is 3.65. The van der Waals surface area contributed by atoms with Crippen molar-refractivity contribution in [2.24, 2.45) is 0 Å². The predicted octanol–water partition coefficient (Wildman–Crippen LogP) is 5.30. The van der Waals surface area contributed by atoms with Gasteiger partial charge in [-0.2, -0.15) is 5.26 Å². The number of pyridine rings is 2. The van der Waals surface area contributed by atoms with Crippen LogP contribution >= 0.6 is 0 Å². The highest BCUT2D eigenvalue weighted by Crippen LogP contribution is 2.34. The van der Waals surface area contributed by atoms with Crippen LogP contribution in [0.25, 0.3) is 11.1 Å². The molecule has 0 spiro atoms. The molecule has 0 N–H and O–H groups in total. The molecule has 2 aromatic heterocycles. The van der Waals surface area contributed by atoms with Crippen molar-refractivity contribution in [2.75, 3.05) is 31.2 Å². The molecule has 192 valence electrons. The van der Waals surface area contributed by atoms with E-state index < -0.39 is 5.41 Å². The summed E-state index contributed by atoms with van der Waals surface area (Å²) in [6, 6.07) is 14.0. The average Bonchev–Trinajstić information content (AvgIpc) is 2.89. The van der Waals surface area contributed by atoms with Crippen molar-refractivity contribution in [3.63, 3.8) is 0 Å². The van der Waals surface area contributed by atoms with Crippen LogP contribution in [0, 0.1) is 18.3 Å². The van der Waals surface area contributed by atoms with E-state index in [9.17, 15) is 10.1 Å². The maximum Gasteiger partial charge on any atom is 0.237 e. The molecule has 0 aliphatic carbocycles. The molecule has 0 atom stereocenters. The second kappa shape index (κ2) is 11.1. The highest BCUT2D eigenvalue weighted by Gasteiger charge is 2.22. The standard InChI is InChI=1S/C30H34N4O3/c1-20(2)37-29-27(34-9-11-36-12-10-34)16-23(17-33-29)26-15-24(18-32-21(26)3)28(35)14-22-7-6-8-25(13-22)30(4,5)19-31/h6-8,13,15-18,20H,9-12,14H2,1-5H3. The fourth-order valence-electron chi connectivity index (χ4n) is 4.33. The van der Waals surface area contributed by atoms with Gasteiger partial charge >= 0.3 is 0 Å². The molecule has 0 bridgehead atoms. The minimum atomic E-state index is -0.617. The summed E-state index contributed by atoms with van der Waals surface area (Å²) in [5.41, 5.74) is 5.19. The van der Waals surface area contributed by atoms with Crippen molar-refractivity contribution in [3.8, 4) is 23.1 Å². The fourth-order valence-corrected chi connectivity index (χ4v) is 4.33. The first-order valence-corrected chi connectivity index (χ1v) is 12.7. The SMILES string of the molecule is Cc1ncc(C(=O)Cc2cccc(C(C)(C)C#N)c2)cc1-c1cnc(OC(C)C)c(N2CCOCC2)c1. The van der Waals surface area contributed by atoms with Crippen LogP contribution in [0.15, 0.2) is 48.8 Å². The van der Waals surface area contributed by atoms with E-state index in [0.717, 1.165) is 46.7 Å². The van der Waals surface area contributed by atoms with Gasteiger partial charge in [-0.15, -0.1) is 0 Å². The third-order valence-corrected chi connectivity index (χ3v) is 6.54. The molecule has 7 nitrogen and oxygen atoms in total. The lowest BCUT2D eigenvalue weighted by Crippen LogP contribution is -2.36. The maximum absolute atomic E-state index is 13.3. The first-order chi connectivity index (χ1) is 17.7. The number of carbonyl (C=O) groups is 1. The minimum absolute atomic E-state index is 0.000250. The van der Waals surface area contributed by atoms with Crippen molar-refractivity contribution >= 4 is 11.5 Å². The third-order valence-electron chi connectivity index (χ3n) is 6.54. The van der Waals surface area contributed by atoms with E-state index in [4.69, 9.17) is 9.47 Å². The van der Waals surface area contributed by atoms with Crippen molar-refractivity contribution in [2.45, 2.75) is 52.6 Å². The van der Waals surface area contributed by atoms with Gasteiger partial charge in [-0.25, -0.2) is 4.98 Å². The van der Waals surface area contributed by atoms with E-state index in [1.807, 2.05) is 65.0 Å². The molecule has 1 saturated heterocycles. The molecular weight excluding hydrogens is 464 g/mol. The van der Waals surface area contributed by atoms with Crippen LogP contribution in [0.4, 0.5) is 5.69 Å². The Hall–Kier alpha value is -3.76. The van der Waals surface area contributed by atoms with Gasteiger partial charge in [0.25, 0.3) is 0 Å². The molecule has 37 heavy (non-hydrogen) atoms. The number of nitriles is 1. The fraction of sp³-hybridized carbons (Fsp3) is 0.400. The Morgan fingerprint density at radius 2 is 1.92 bits per heavy atom. The number of benzene rings is 1. The van der Waals surface area contributed by atoms with Crippen LogP contribution in [0.5, 0.6) is 5.88 Å². The minimum Gasteiger partial charge on any atom is -0.473 e. The van der Waals surface area contributed by atoms with E-state index in [1.54, 1.807) is 12.4 Å². The maximum atomic E-state index is 13.3. The Morgan fingerprint density at radius 3 is 2.62 bits per heavy atom. The number of aryl methyl sites for hydroxylation is 1. The molecule has 3 aromatic rings. The van der Waals surface area contributed by atoms with Crippen LogP contribution in [0.2, 0.25) is 0 Å². The van der Waals surface area contributed by atoms with Gasteiger partial charge in [0.05, 0.1) is 30.8 Å². The summed E-state index contributed by atoms with van der Waals surface area (Å²) in [6.45, 7) is 12.5. The van der Waals surface area contributed by atoms with Crippen LogP contribution < -0.4 is 9.64 Å². The second-order valence-electron chi connectivity index (χ2n) is 10.2. The Balaban J connectivity index is 1.64. The largest absolute Gasteiger partial charge is 0.473 e. The number of rotatable bonds is 8. The smallest absolute Gasteiger partial charge is 0.237 e. The lowest BCUT2D eigenvalue weighted by atomic mass is 9.85. The number of Topliss-reactive ketones (excluding diaryl/α,β-unsaturated/α-hetero) is 1. The van der Waals surface area contributed by atoms with Gasteiger partial charge in [-0.05, 0) is 57.9 Å². The number of morpholine rings is 1. The number of ether oxygens (including phenoxy) is 2. The molecular formula is C30H34N4O3. The quantitative estimate of drug-likeness (QED) is 0.389. The van der Waals surface area contributed by atoms with Crippen LogP contribution in [0.3, 0.4) is 0 Å². The van der Waals surface area contributed by atoms with Crippen molar-refractivity contribution < 1.29 is 14.3 Å². The summed E-state index contributed by atoms with van der Waals surface area (Å²) < 4.78 is 11.5. The number of hydrogen-bond donors (Lipinski definition) is 0. The zero-order valence-corrected chi connectivity index (χ0v) is 22.2. The van der Waals surface area contributed by atoms with Gasteiger partial charge in [0.2, 0.25) is 5.88 Å². The van der Waals surface area contributed by atoms with Gasteiger partial charge < -0.3 is 14.4 Å². The van der Waals surface area contributed by atoms with E-state index in [2.05, 4.69) is 27.0 Å². The van der Waals surface area contributed by atoms with Gasteiger partial charge in [0.15, 0.2) is 5.78 Å². The first kappa shape index (κ1) is 26.3. The monoisotopic (exact) mass is 498 g/mol. The molecule has 4 rings (SSSR count). The number of anilines is 1. The normalized spacial score (nSPS) is 13.9. The third kappa shape index (κ3) is 6.15. The number of nitrogens with zero attached hydrogens (tertiary/aromatic N) is 4. The zero-order chi connectivity index (χ0) is 26.6. The van der Waals surface area contributed by atoms with E-state index in [1.165, 1.54) is 0 Å². The van der Waals surface area contributed by atoms with Crippen LogP contribution in [-0.4, -0.2) is 48.2 Å². The molecule has 1 aromatic carbocycles. The van der Waals surface area contributed by atoms with Gasteiger partial charge in [-0.1, -0.05) is 24.3 Å². The van der Waals surface area contributed by atoms with Crippen LogP contribution in [0.1, 0.15) is 54.9 Å². The highest BCUT2D eigenvalue weighted by molar-refractivity contribution is 5.98. The number of ketones is 1. The first-order valence-electron chi connectivity index (χ1n) is 12.7. The molecule has 0 unspecified atom stereocenters. The van der Waals surface area contributed by atoms with Gasteiger partial charge in [0, 0.05) is 54.3 Å².